The molecule has 2 heterocycles. The summed E-state index contributed by atoms with van der Waals surface area (Å²) < 4.78 is 0. The van der Waals surface area contributed by atoms with Crippen LogP contribution in [0, 0.1) is 0 Å². The maximum absolute atomic E-state index is 5.64. The van der Waals surface area contributed by atoms with E-state index in [1.807, 2.05) is 18.4 Å². The molecule has 0 bridgehead atoms. The monoisotopic (exact) mass is 167 g/mol. The highest BCUT2D eigenvalue weighted by molar-refractivity contribution is 6.80. The van der Waals surface area contributed by atoms with Crippen LogP contribution >= 0.6 is 11.6 Å². The van der Waals surface area contributed by atoms with E-state index in [9.17, 15) is 0 Å². The second-order valence-corrected chi connectivity index (χ2v) is 2.62. The minimum Gasteiger partial charge on any atom is -0.365 e. The van der Waals surface area contributed by atoms with Gasteiger partial charge in [0.25, 0.3) is 0 Å². The van der Waals surface area contributed by atoms with Crippen LogP contribution in [0.1, 0.15) is 0 Å². The Morgan fingerprint density at radius 1 is 1.55 bits per heavy atom. The number of nitrogens with one attached hydrogen (secondary N) is 1. The van der Waals surface area contributed by atoms with E-state index in [0.29, 0.717) is 5.17 Å². The lowest BCUT2D eigenvalue weighted by molar-refractivity contribution is 0.682. The van der Waals surface area contributed by atoms with Crippen LogP contribution < -0.4 is 5.32 Å². The van der Waals surface area contributed by atoms with Crippen LogP contribution in [0.25, 0.3) is 0 Å². The first-order valence-electron chi connectivity index (χ1n) is 3.26. The van der Waals surface area contributed by atoms with Crippen molar-refractivity contribution in [1.82, 2.24) is 5.32 Å². The number of rotatable bonds is 0. The second kappa shape index (κ2) is 2.51. The van der Waals surface area contributed by atoms with Crippen LogP contribution in [0.2, 0.25) is 0 Å². The fourth-order valence-electron chi connectivity index (χ4n) is 0.976. The van der Waals surface area contributed by atoms with Crippen molar-refractivity contribution in [2.75, 3.05) is 0 Å². The number of fused-ring (bicyclic) bond motifs is 1. The summed E-state index contributed by atoms with van der Waals surface area (Å²) in [6, 6.07) is 0. The van der Waals surface area contributed by atoms with Crippen LogP contribution in [0.5, 0.6) is 0 Å². The first-order valence-corrected chi connectivity index (χ1v) is 3.64. The number of halogens is 1. The van der Waals surface area contributed by atoms with Gasteiger partial charge in [0.15, 0.2) is 6.17 Å². The first-order chi connectivity index (χ1) is 5.36. The quantitative estimate of drug-likeness (QED) is 0.575. The van der Waals surface area contributed by atoms with Crippen LogP contribution in [0.4, 0.5) is 0 Å². The highest BCUT2D eigenvalue weighted by Crippen LogP contribution is 2.14. The largest absolute Gasteiger partial charge is 0.365 e. The fourth-order valence-corrected chi connectivity index (χ4v) is 1.13. The van der Waals surface area contributed by atoms with E-state index in [-0.39, 0.29) is 6.17 Å². The first kappa shape index (κ1) is 6.61. The zero-order valence-electron chi connectivity index (χ0n) is 5.66. The molecule has 0 aliphatic carbocycles. The maximum atomic E-state index is 5.64. The summed E-state index contributed by atoms with van der Waals surface area (Å²) in [5.41, 5.74) is 0.861. The van der Waals surface area contributed by atoms with Gasteiger partial charge < -0.3 is 5.32 Å². The molecule has 0 radical (unpaired) electrons. The Morgan fingerprint density at radius 3 is 3.36 bits per heavy atom. The average molecular weight is 168 g/mol. The summed E-state index contributed by atoms with van der Waals surface area (Å²) >= 11 is 5.64. The van der Waals surface area contributed by atoms with Crippen molar-refractivity contribution in [3.63, 3.8) is 0 Å². The minimum absolute atomic E-state index is 0.0394. The van der Waals surface area contributed by atoms with Crippen LogP contribution in [-0.2, 0) is 0 Å². The SMILES string of the molecule is ClC1=NC2=CC=CNC2N=C1. The molecule has 3 nitrogen and oxygen atoms in total. The molecule has 1 unspecified atom stereocenters. The lowest BCUT2D eigenvalue weighted by Crippen LogP contribution is -2.28. The molecule has 56 valence electrons. The van der Waals surface area contributed by atoms with Crippen LogP contribution in [-0.4, -0.2) is 17.6 Å². The zero-order chi connectivity index (χ0) is 7.68. The lowest BCUT2D eigenvalue weighted by atomic mass is 10.2. The molecule has 2 aliphatic heterocycles. The Bertz CT molecular complexity index is 288. The molecule has 0 aromatic carbocycles. The fraction of sp³-hybridized carbons (Fsp3) is 0.143. The molecule has 1 N–H and O–H groups in total. The Balaban J connectivity index is 2.35. The van der Waals surface area contributed by atoms with Crippen molar-refractivity contribution in [3.8, 4) is 0 Å². The summed E-state index contributed by atoms with van der Waals surface area (Å²) in [5.74, 6) is 0. The predicted octanol–water partition coefficient (Wildman–Crippen LogP) is 1.04. The van der Waals surface area contributed by atoms with Crippen molar-refractivity contribution in [2.24, 2.45) is 9.98 Å². The van der Waals surface area contributed by atoms with Gasteiger partial charge in [-0.25, -0.2) is 4.99 Å². The topological polar surface area (TPSA) is 36.8 Å². The third-order valence-corrected chi connectivity index (χ3v) is 1.65. The van der Waals surface area contributed by atoms with Gasteiger partial charge in [-0.1, -0.05) is 11.6 Å². The molecule has 0 aromatic heterocycles. The maximum Gasteiger partial charge on any atom is 0.161 e. The Kier molecular flexibility index (Phi) is 1.51. The Morgan fingerprint density at radius 2 is 2.45 bits per heavy atom. The molecule has 0 aromatic rings. The predicted molar refractivity (Wildman–Crippen MR) is 45.9 cm³/mol. The third kappa shape index (κ3) is 1.19. The van der Waals surface area contributed by atoms with Gasteiger partial charge in [-0.2, -0.15) is 0 Å². The number of dihydropyridines is 1. The number of allylic oxidation sites excluding steroid dienone is 2. The summed E-state index contributed by atoms with van der Waals surface area (Å²) in [5, 5.41) is 3.46. The van der Waals surface area contributed by atoms with E-state index in [0.717, 1.165) is 5.70 Å². The van der Waals surface area contributed by atoms with Crippen LogP contribution in [0.3, 0.4) is 0 Å². The number of hydrogen-bond donors (Lipinski definition) is 1. The molecule has 0 amide bonds. The number of nitrogens with zero attached hydrogens (tertiary/aromatic N) is 2. The van der Waals surface area contributed by atoms with Gasteiger partial charge >= 0.3 is 0 Å². The number of hydrogen-bond acceptors (Lipinski definition) is 3. The molecule has 0 spiro atoms. The van der Waals surface area contributed by atoms with Gasteiger partial charge in [0, 0.05) is 0 Å². The molecule has 0 saturated heterocycles. The molecular formula is C7H6ClN3. The molecule has 1 atom stereocenters. The van der Waals surface area contributed by atoms with E-state index in [1.54, 1.807) is 6.21 Å². The van der Waals surface area contributed by atoms with Crippen molar-refractivity contribution in [1.29, 1.82) is 0 Å². The van der Waals surface area contributed by atoms with E-state index >= 15 is 0 Å². The lowest BCUT2D eigenvalue weighted by Gasteiger charge is -2.18. The van der Waals surface area contributed by atoms with Crippen molar-refractivity contribution in [2.45, 2.75) is 6.17 Å². The Hall–Kier alpha value is -1.09. The molecule has 0 fully saturated rings. The van der Waals surface area contributed by atoms with Gasteiger partial charge in [0.2, 0.25) is 0 Å². The van der Waals surface area contributed by atoms with Gasteiger partial charge in [0.1, 0.15) is 5.17 Å². The standard InChI is InChI=1S/C7H6ClN3/c8-6-4-10-7-5(11-6)2-1-3-9-7/h1-4,7,9H. The Labute approximate surface area is 69.2 Å². The van der Waals surface area contributed by atoms with Gasteiger partial charge in [-0.05, 0) is 18.4 Å². The second-order valence-electron chi connectivity index (χ2n) is 2.23. The summed E-state index contributed by atoms with van der Waals surface area (Å²) in [7, 11) is 0. The minimum atomic E-state index is -0.0394. The molecular weight excluding hydrogens is 162 g/mol. The van der Waals surface area contributed by atoms with Crippen LogP contribution in [0.15, 0.2) is 34.0 Å². The number of aliphatic imine (C=N–C) groups is 2. The van der Waals surface area contributed by atoms with Crippen molar-refractivity contribution in [3.05, 3.63) is 24.0 Å². The zero-order valence-corrected chi connectivity index (χ0v) is 6.42. The molecule has 2 aliphatic rings. The van der Waals surface area contributed by atoms with E-state index in [4.69, 9.17) is 11.6 Å². The molecule has 11 heavy (non-hydrogen) atoms. The highest BCUT2D eigenvalue weighted by atomic mass is 35.5. The van der Waals surface area contributed by atoms with Crippen molar-refractivity contribution < 1.29 is 0 Å². The van der Waals surface area contributed by atoms with Gasteiger partial charge in [0.05, 0.1) is 11.9 Å². The van der Waals surface area contributed by atoms with Gasteiger partial charge in [-0.15, -0.1) is 0 Å². The van der Waals surface area contributed by atoms with E-state index in [1.165, 1.54) is 0 Å². The summed E-state index contributed by atoms with van der Waals surface area (Å²) in [4.78, 5) is 8.20. The third-order valence-electron chi connectivity index (χ3n) is 1.46. The summed E-state index contributed by atoms with van der Waals surface area (Å²) in [6.07, 6.45) is 7.11. The molecule has 4 heteroatoms. The van der Waals surface area contributed by atoms with Gasteiger partial charge in [-0.3, -0.25) is 4.99 Å². The average Bonchev–Trinajstić information content (AvgIpc) is 2.04. The molecule has 2 rings (SSSR count). The van der Waals surface area contributed by atoms with E-state index in [2.05, 4.69) is 15.3 Å². The normalized spacial score (nSPS) is 26.8. The van der Waals surface area contributed by atoms with Crippen molar-refractivity contribution >= 4 is 23.0 Å². The molecule has 0 saturated carbocycles. The highest BCUT2D eigenvalue weighted by Gasteiger charge is 2.15. The smallest absolute Gasteiger partial charge is 0.161 e. The summed E-state index contributed by atoms with van der Waals surface area (Å²) in [6.45, 7) is 0. The van der Waals surface area contributed by atoms with E-state index < -0.39 is 0 Å².